The molecule has 0 fully saturated rings. The van der Waals surface area contributed by atoms with Crippen LogP contribution in [0, 0.1) is 6.92 Å². The minimum Gasteiger partial charge on any atom is -0.461 e. The molecule has 8 heteroatoms. The van der Waals surface area contributed by atoms with Gasteiger partial charge in [-0.05, 0) is 37.1 Å². The lowest BCUT2D eigenvalue weighted by molar-refractivity contribution is 0.0520. The Morgan fingerprint density at radius 2 is 2.00 bits per heavy atom. The summed E-state index contributed by atoms with van der Waals surface area (Å²) in [7, 11) is 0. The third kappa shape index (κ3) is 4.21. The highest BCUT2D eigenvalue weighted by atomic mass is 35.5. The van der Waals surface area contributed by atoms with E-state index in [-0.39, 0.29) is 11.7 Å². The van der Waals surface area contributed by atoms with Crippen LogP contribution >= 0.6 is 34.5 Å². The van der Waals surface area contributed by atoms with Crippen LogP contribution in [-0.4, -0.2) is 23.3 Å². The molecule has 1 aliphatic heterocycles. The smallest absolute Gasteiger partial charge is 0.357 e. The standard InChI is InChI=1S/C22H19Cl2N3O2S/c1-3-29-21(28)19-12-30-22(25-19)27-20(16-9-8-15(23)10-17(16)24)11-18(26-27)14-6-4-13(2)5-7-14/h4-10,12,20H,3,11H2,1-2H3. The molecule has 5 nitrogen and oxygen atoms in total. The number of nitrogens with zero attached hydrogens (tertiary/aromatic N) is 3. The topological polar surface area (TPSA) is 54.8 Å². The van der Waals surface area contributed by atoms with Crippen molar-refractivity contribution in [2.45, 2.75) is 26.3 Å². The van der Waals surface area contributed by atoms with Crippen molar-refractivity contribution in [2.24, 2.45) is 5.10 Å². The molecule has 0 bridgehead atoms. The van der Waals surface area contributed by atoms with E-state index in [2.05, 4.69) is 36.2 Å². The molecule has 0 radical (unpaired) electrons. The van der Waals surface area contributed by atoms with Gasteiger partial charge in [-0.1, -0.05) is 59.1 Å². The van der Waals surface area contributed by atoms with E-state index in [1.807, 2.05) is 17.1 Å². The molecular weight excluding hydrogens is 441 g/mol. The maximum absolute atomic E-state index is 12.1. The van der Waals surface area contributed by atoms with Gasteiger partial charge in [0.15, 0.2) is 5.69 Å². The number of carbonyl (C=O) groups excluding carboxylic acids is 1. The lowest BCUT2D eigenvalue weighted by Crippen LogP contribution is -2.19. The van der Waals surface area contributed by atoms with Crippen LogP contribution in [-0.2, 0) is 4.74 Å². The van der Waals surface area contributed by atoms with Crippen LogP contribution in [0.1, 0.15) is 46.6 Å². The van der Waals surface area contributed by atoms with Crippen LogP contribution in [0.5, 0.6) is 0 Å². The molecule has 154 valence electrons. The summed E-state index contributed by atoms with van der Waals surface area (Å²) in [5.74, 6) is -0.442. The average Bonchev–Trinajstić information content (AvgIpc) is 3.36. The molecule has 0 saturated heterocycles. The van der Waals surface area contributed by atoms with Gasteiger partial charge in [-0.15, -0.1) is 11.3 Å². The van der Waals surface area contributed by atoms with E-state index >= 15 is 0 Å². The first kappa shape index (κ1) is 20.8. The minimum absolute atomic E-state index is 0.160. The second kappa shape index (κ2) is 8.76. The summed E-state index contributed by atoms with van der Waals surface area (Å²) in [6.45, 7) is 4.12. The Bertz CT molecular complexity index is 1110. The van der Waals surface area contributed by atoms with Gasteiger partial charge in [0.2, 0.25) is 5.13 Å². The van der Waals surface area contributed by atoms with E-state index in [0.29, 0.717) is 28.2 Å². The summed E-state index contributed by atoms with van der Waals surface area (Å²) in [5, 5.41) is 10.1. The van der Waals surface area contributed by atoms with Crippen molar-refractivity contribution >= 4 is 51.4 Å². The molecule has 0 aliphatic carbocycles. The molecule has 4 rings (SSSR count). The SMILES string of the molecule is CCOC(=O)c1csc(N2N=C(c3ccc(C)cc3)CC2c2ccc(Cl)cc2Cl)n1. The highest BCUT2D eigenvalue weighted by Crippen LogP contribution is 2.41. The zero-order chi connectivity index (χ0) is 21.3. The second-order valence-electron chi connectivity index (χ2n) is 6.88. The number of esters is 1. The molecule has 2 heterocycles. The molecule has 0 N–H and O–H groups in total. The van der Waals surface area contributed by atoms with Gasteiger partial charge in [-0.3, -0.25) is 0 Å². The number of benzene rings is 2. The van der Waals surface area contributed by atoms with E-state index in [1.165, 1.54) is 16.9 Å². The molecule has 1 atom stereocenters. The lowest BCUT2D eigenvalue weighted by atomic mass is 9.98. The first-order valence-electron chi connectivity index (χ1n) is 9.47. The third-order valence-corrected chi connectivity index (χ3v) is 6.18. The molecule has 30 heavy (non-hydrogen) atoms. The van der Waals surface area contributed by atoms with Crippen LogP contribution in [0.3, 0.4) is 0 Å². The van der Waals surface area contributed by atoms with Crippen molar-refractivity contribution in [1.82, 2.24) is 4.98 Å². The third-order valence-electron chi connectivity index (χ3n) is 4.79. The van der Waals surface area contributed by atoms with Crippen LogP contribution in [0.25, 0.3) is 0 Å². The van der Waals surface area contributed by atoms with Gasteiger partial charge in [-0.25, -0.2) is 14.8 Å². The number of rotatable bonds is 5. The maximum Gasteiger partial charge on any atom is 0.357 e. The predicted octanol–water partition coefficient (Wildman–Crippen LogP) is 6.29. The highest BCUT2D eigenvalue weighted by Gasteiger charge is 2.33. The molecule has 3 aromatic rings. The number of aromatic nitrogens is 1. The highest BCUT2D eigenvalue weighted by molar-refractivity contribution is 7.13. The van der Waals surface area contributed by atoms with Crippen molar-refractivity contribution in [1.29, 1.82) is 0 Å². The van der Waals surface area contributed by atoms with Crippen LogP contribution in [0.4, 0.5) is 5.13 Å². The monoisotopic (exact) mass is 459 g/mol. The number of halogens is 2. The first-order valence-corrected chi connectivity index (χ1v) is 11.1. The Labute approximate surface area is 188 Å². The quantitative estimate of drug-likeness (QED) is 0.420. The van der Waals surface area contributed by atoms with Gasteiger partial charge in [0, 0.05) is 21.8 Å². The van der Waals surface area contributed by atoms with Gasteiger partial charge in [0.25, 0.3) is 0 Å². The molecule has 1 aliphatic rings. The Kier molecular flexibility index (Phi) is 6.09. The fraction of sp³-hybridized carbons (Fsp3) is 0.227. The number of hydrogen-bond donors (Lipinski definition) is 0. The fourth-order valence-corrected chi connectivity index (χ4v) is 4.62. The van der Waals surface area contributed by atoms with Gasteiger partial charge in [-0.2, -0.15) is 5.10 Å². The zero-order valence-electron chi connectivity index (χ0n) is 16.4. The van der Waals surface area contributed by atoms with Gasteiger partial charge in [0.05, 0.1) is 18.4 Å². The van der Waals surface area contributed by atoms with Crippen LogP contribution in [0.15, 0.2) is 52.9 Å². The number of hydrogen-bond acceptors (Lipinski definition) is 6. The number of anilines is 1. The van der Waals surface area contributed by atoms with E-state index < -0.39 is 5.97 Å². The molecule has 0 saturated carbocycles. The molecule has 2 aromatic carbocycles. The van der Waals surface area contributed by atoms with Gasteiger partial charge >= 0.3 is 5.97 Å². The number of hydrazone groups is 1. The van der Waals surface area contributed by atoms with Crippen molar-refractivity contribution in [2.75, 3.05) is 11.6 Å². The van der Waals surface area contributed by atoms with Crippen molar-refractivity contribution in [3.63, 3.8) is 0 Å². The van der Waals surface area contributed by atoms with Crippen molar-refractivity contribution in [3.05, 3.63) is 80.3 Å². The summed E-state index contributed by atoms with van der Waals surface area (Å²) in [4.78, 5) is 16.5. The molecule has 0 spiro atoms. The van der Waals surface area contributed by atoms with E-state index in [4.69, 9.17) is 33.0 Å². The van der Waals surface area contributed by atoms with Crippen molar-refractivity contribution < 1.29 is 9.53 Å². The summed E-state index contributed by atoms with van der Waals surface area (Å²) in [5.41, 5.74) is 4.33. The second-order valence-corrected chi connectivity index (χ2v) is 8.56. The predicted molar refractivity (Wildman–Crippen MR) is 122 cm³/mol. The summed E-state index contributed by atoms with van der Waals surface area (Å²) in [6.07, 6.45) is 0.652. The van der Waals surface area contributed by atoms with E-state index in [1.54, 1.807) is 18.4 Å². The number of ether oxygens (including phenoxy) is 1. The summed E-state index contributed by atoms with van der Waals surface area (Å²) >= 11 is 14.0. The lowest BCUT2D eigenvalue weighted by Gasteiger charge is -2.22. The van der Waals surface area contributed by atoms with Crippen LogP contribution in [0.2, 0.25) is 10.0 Å². The maximum atomic E-state index is 12.1. The largest absolute Gasteiger partial charge is 0.461 e. The number of aryl methyl sites for hydroxylation is 1. The minimum atomic E-state index is -0.442. The van der Waals surface area contributed by atoms with Gasteiger partial charge < -0.3 is 4.74 Å². The molecule has 1 unspecified atom stereocenters. The Morgan fingerprint density at radius 3 is 2.70 bits per heavy atom. The molecular formula is C22H19Cl2N3O2S. The van der Waals surface area contributed by atoms with Crippen molar-refractivity contribution in [3.8, 4) is 0 Å². The Hall–Kier alpha value is -2.41. The summed E-state index contributed by atoms with van der Waals surface area (Å²) < 4.78 is 5.06. The fourth-order valence-electron chi connectivity index (χ4n) is 3.29. The Morgan fingerprint density at radius 1 is 1.23 bits per heavy atom. The first-order chi connectivity index (χ1) is 14.5. The molecule has 1 aromatic heterocycles. The van der Waals surface area contributed by atoms with Gasteiger partial charge in [0.1, 0.15) is 0 Å². The number of thiazole rings is 1. The zero-order valence-corrected chi connectivity index (χ0v) is 18.8. The molecule has 0 amide bonds. The Balaban J connectivity index is 1.73. The normalized spacial score (nSPS) is 15.9. The van der Waals surface area contributed by atoms with E-state index in [0.717, 1.165) is 16.8 Å². The van der Waals surface area contributed by atoms with E-state index in [9.17, 15) is 4.79 Å². The average molecular weight is 460 g/mol. The summed E-state index contributed by atoms with van der Waals surface area (Å²) in [6, 6.07) is 13.5. The number of carbonyl (C=O) groups is 1. The van der Waals surface area contributed by atoms with Crippen LogP contribution < -0.4 is 5.01 Å².